The van der Waals surface area contributed by atoms with E-state index in [0.717, 1.165) is 39.2 Å². The summed E-state index contributed by atoms with van der Waals surface area (Å²) in [4.78, 5) is 32.8. The van der Waals surface area contributed by atoms with Crippen LogP contribution < -0.4 is 10.6 Å². The number of rotatable bonds is 7. The second-order valence-corrected chi connectivity index (χ2v) is 12.3. The van der Waals surface area contributed by atoms with Gasteiger partial charge >= 0.3 is 0 Å². The second-order valence-electron chi connectivity index (χ2n) is 11.3. The summed E-state index contributed by atoms with van der Waals surface area (Å²) in [5.41, 5.74) is 3.10. The smallest absolute Gasteiger partial charge is 0.263 e. The molecule has 7 rings (SSSR count). The largest absolute Gasteiger partial charge is 0.380 e. The van der Waals surface area contributed by atoms with Crippen molar-refractivity contribution in [2.24, 2.45) is 23.2 Å². The van der Waals surface area contributed by atoms with Crippen LogP contribution in [0.25, 0.3) is 10.2 Å². The van der Waals surface area contributed by atoms with Crippen LogP contribution in [0.1, 0.15) is 69.8 Å². The Balaban J connectivity index is 1.33. The number of benzene rings is 1. The predicted molar refractivity (Wildman–Crippen MR) is 142 cm³/mol. The van der Waals surface area contributed by atoms with Crippen LogP contribution >= 0.6 is 11.3 Å². The van der Waals surface area contributed by atoms with Crippen molar-refractivity contribution in [2.45, 2.75) is 52.1 Å². The number of nitrogens with zero attached hydrogens (tertiary/aromatic N) is 1. The van der Waals surface area contributed by atoms with E-state index in [1.165, 1.54) is 49.9 Å². The van der Waals surface area contributed by atoms with Gasteiger partial charge in [-0.15, -0.1) is 11.3 Å². The highest BCUT2D eigenvalue weighted by Gasteiger charge is 2.50. The highest BCUT2D eigenvalue weighted by molar-refractivity contribution is 7.21. The first kappa shape index (κ1) is 23.6. The highest BCUT2D eigenvalue weighted by atomic mass is 32.1. The number of amides is 2. The molecule has 3 aromatic rings. The van der Waals surface area contributed by atoms with Gasteiger partial charge in [-0.3, -0.25) is 9.59 Å². The van der Waals surface area contributed by atoms with Gasteiger partial charge in [0.1, 0.15) is 9.71 Å². The number of methoxy groups -OCH3 is 1. The van der Waals surface area contributed by atoms with Crippen molar-refractivity contribution >= 4 is 39.1 Å². The number of carbonyl (C=O) groups excluding carboxylic acids is 2. The Bertz CT molecular complexity index is 1280. The topological polar surface area (TPSA) is 80.3 Å². The summed E-state index contributed by atoms with van der Waals surface area (Å²) < 4.78 is 5.45. The molecule has 0 atom stereocenters. The summed E-state index contributed by atoms with van der Waals surface area (Å²) >= 11 is 1.35. The molecule has 4 bridgehead atoms. The summed E-state index contributed by atoms with van der Waals surface area (Å²) in [6, 6.07) is 11.1. The maximum atomic E-state index is 13.7. The van der Waals surface area contributed by atoms with E-state index in [2.05, 4.69) is 10.6 Å². The Morgan fingerprint density at radius 1 is 1.06 bits per heavy atom. The van der Waals surface area contributed by atoms with Crippen molar-refractivity contribution in [1.82, 2.24) is 10.3 Å². The molecule has 2 amide bonds. The van der Waals surface area contributed by atoms with E-state index in [0.29, 0.717) is 29.3 Å². The van der Waals surface area contributed by atoms with Crippen molar-refractivity contribution in [3.05, 3.63) is 58.1 Å². The van der Waals surface area contributed by atoms with Crippen LogP contribution in [0.2, 0.25) is 0 Å². The van der Waals surface area contributed by atoms with Crippen molar-refractivity contribution in [3.63, 3.8) is 0 Å². The van der Waals surface area contributed by atoms with Gasteiger partial charge in [0.05, 0.1) is 12.3 Å². The predicted octanol–water partition coefficient (Wildman–Crippen LogP) is 5.95. The molecular formula is C29H33N3O3S. The Morgan fingerprint density at radius 2 is 1.72 bits per heavy atom. The molecule has 4 fully saturated rings. The molecule has 36 heavy (non-hydrogen) atoms. The molecule has 0 unspecified atom stereocenters. The minimum atomic E-state index is -0.241. The molecule has 2 N–H and O–H groups in total. The quantitative estimate of drug-likeness (QED) is 0.418. The van der Waals surface area contributed by atoms with Crippen LogP contribution in [0.5, 0.6) is 0 Å². The Morgan fingerprint density at radius 3 is 2.36 bits per heavy atom. The van der Waals surface area contributed by atoms with E-state index in [9.17, 15) is 9.59 Å². The SMILES string of the molecule is COCc1cc(C)nc2sc(C(=O)NCC34CC5CC(CC(C5)C3)C4)c(NC(=O)c3ccccc3)c12. The molecule has 4 aliphatic carbocycles. The van der Waals surface area contributed by atoms with Gasteiger partial charge in [-0.25, -0.2) is 4.98 Å². The molecule has 2 aromatic heterocycles. The fraction of sp³-hybridized carbons (Fsp3) is 0.483. The number of ether oxygens (including phenoxy) is 1. The molecule has 1 aromatic carbocycles. The van der Waals surface area contributed by atoms with Crippen molar-refractivity contribution in [1.29, 1.82) is 0 Å². The Labute approximate surface area is 215 Å². The molecule has 0 saturated heterocycles. The molecule has 188 valence electrons. The van der Waals surface area contributed by atoms with Crippen LogP contribution in [0.3, 0.4) is 0 Å². The molecule has 7 heteroatoms. The molecule has 0 radical (unpaired) electrons. The van der Waals surface area contributed by atoms with Crippen LogP contribution in [-0.2, 0) is 11.3 Å². The van der Waals surface area contributed by atoms with Gasteiger partial charge in [-0.2, -0.15) is 0 Å². The molecule has 6 nitrogen and oxygen atoms in total. The van der Waals surface area contributed by atoms with E-state index in [4.69, 9.17) is 9.72 Å². The van der Waals surface area contributed by atoms with E-state index in [-0.39, 0.29) is 17.2 Å². The number of hydrogen-bond donors (Lipinski definition) is 2. The molecule has 0 spiro atoms. The molecule has 4 saturated carbocycles. The number of anilines is 1. The number of fused-ring (bicyclic) bond motifs is 1. The molecule has 4 aliphatic rings. The van der Waals surface area contributed by atoms with Crippen LogP contribution in [0, 0.1) is 30.1 Å². The van der Waals surface area contributed by atoms with E-state index in [1.54, 1.807) is 19.2 Å². The zero-order chi connectivity index (χ0) is 24.9. The standard InChI is InChI=1S/C29H33N3O3S/c1-17-8-22(15-35-2)23-24(32-26(33)21-6-4-3-5-7-21)25(36-28(23)31-17)27(34)30-16-29-12-18-9-19(13-29)11-20(10-18)14-29/h3-8,18-20H,9-16H2,1-2H3,(H,30,34)(H,32,33). The lowest BCUT2D eigenvalue weighted by Gasteiger charge is -2.56. The third kappa shape index (κ3) is 4.33. The third-order valence-corrected chi connectivity index (χ3v) is 9.52. The molecular weight excluding hydrogens is 470 g/mol. The lowest BCUT2D eigenvalue weighted by molar-refractivity contribution is -0.0503. The number of pyridine rings is 1. The van der Waals surface area contributed by atoms with Gasteiger partial charge in [0, 0.05) is 30.3 Å². The maximum absolute atomic E-state index is 13.7. The lowest BCUT2D eigenvalue weighted by Crippen LogP contribution is -2.51. The summed E-state index contributed by atoms with van der Waals surface area (Å²) in [5.74, 6) is 2.14. The number of aryl methyl sites for hydroxylation is 1. The van der Waals surface area contributed by atoms with Gasteiger partial charge in [0.15, 0.2) is 0 Å². The van der Waals surface area contributed by atoms with E-state index in [1.807, 2.05) is 31.2 Å². The maximum Gasteiger partial charge on any atom is 0.263 e. The summed E-state index contributed by atoms with van der Waals surface area (Å²) in [7, 11) is 1.65. The van der Waals surface area contributed by atoms with Crippen LogP contribution in [-0.4, -0.2) is 30.5 Å². The summed E-state index contributed by atoms with van der Waals surface area (Å²) in [5, 5.41) is 7.14. The first-order valence-electron chi connectivity index (χ1n) is 13.0. The average molecular weight is 504 g/mol. The highest BCUT2D eigenvalue weighted by Crippen LogP contribution is 2.59. The summed E-state index contributed by atoms with van der Waals surface area (Å²) in [6.45, 7) is 3.03. The van der Waals surface area contributed by atoms with Crippen LogP contribution in [0.15, 0.2) is 36.4 Å². The fourth-order valence-corrected chi connectivity index (χ4v) is 8.63. The van der Waals surface area contributed by atoms with Crippen molar-refractivity contribution in [2.75, 3.05) is 19.0 Å². The lowest BCUT2D eigenvalue weighted by atomic mass is 9.49. The Kier molecular flexibility index (Phi) is 6.08. The van der Waals surface area contributed by atoms with Gasteiger partial charge in [-0.05, 0) is 92.4 Å². The number of aromatic nitrogens is 1. The van der Waals surface area contributed by atoms with Gasteiger partial charge in [0.25, 0.3) is 11.8 Å². The zero-order valence-corrected chi connectivity index (χ0v) is 21.7. The third-order valence-electron chi connectivity index (χ3n) is 8.44. The second kappa shape index (κ2) is 9.27. The van der Waals surface area contributed by atoms with Crippen molar-refractivity contribution in [3.8, 4) is 0 Å². The molecule has 0 aliphatic heterocycles. The van der Waals surface area contributed by atoms with Gasteiger partial charge in [-0.1, -0.05) is 18.2 Å². The molecule has 2 heterocycles. The van der Waals surface area contributed by atoms with Gasteiger partial charge < -0.3 is 15.4 Å². The monoisotopic (exact) mass is 503 g/mol. The normalized spacial score (nSPS) is 26.3. The van der Waals surface area contributed by atoms with Crippen LogP contribution in [0.4, 0.5) is 5.69 Å². The fourth-order valence-electron chi connectivity index (χ4n) is 7.49. The number of nitrogens with one attached hydrogen (secondary N) is 2. The van der Waals surface area contributed by atoms with Gasteiger partial charge in [0.2, 0.25) is 0 Å². The minimum Gasteiger partial charge on any atom is -0.380 e. The van der Waals surface area contributed by atoms with Crippen molar-refractivity contribution < 1.29 is 14.3 Å². The summed E-state index contributed by atoms with van der Waals surface area (Å²) in [6.07, 6.45) is 7.86. The first-order valence-corrected chi connectivity index (χ1v) is 13.8. The number of thiophene rings is 1. The first-order chi connectivity index (χ1) is 17.4. The zero-order valence-electron chi connectivity index (χ0n) is 20.9. The minimum absolute atomic E-state index is 0.127. The number of hydrogen-bond acceptors (Lipinski definition) is 5. The average Bonchev–Trinajstić information content (AvgIpc) is 3.20. The van der Waals surface area contributed by atoms with E-state index < -0.39 is 0 Å². The van der Waals surface area contributed by atoms with E-state index >= 15 is 0 Å². The number of carbonyl (C=O) groups is 2. The Hall–Kier alpha value is -2.77.